The van der Waals surface area contributed by atoms with Crippen LogP contribution in [0.3, 0.4) is 0 Å². The molecule has 0 bridgehead atoms. The first-order chi connectivity index (χ1) is 0. The quantitative estimate of drug-likeness (QED) is 0.318. The van der Waals surface area contributed by atoms with Crippen LogP contribution in [0, 0.1) is 0 Å². The molecule has 32 valence electrons. The third-order valence-electron chi connectivity index (χ3n) is 0. The lowest BCUT2D eigenvalue weighted by Crippen LogP contribution is -0.382. The van der Waals surface area contributed by atoms with Crippen LogP contribution in [-0.2, 0) is 0 Å². The summed E-state index contributed by atoms with van der Waals surface area (Å²) in [4.78, 5) is 0. The molecule has 0 aliphatic heterocycles. The Bertz CT molecular complexity index is 8.75. The maximum atomic E-state index is 0. The van der Waals surface area contributed by atoms with Crippen LogP contribution in [0.15, 0.2) is 0 Å². The van der Waals surface area contributed by atoms with Crippen molar-refractivity contribution in [3.8, 4) is 0 Å². The Balaban J connectivity index is 0. The molecule has 0 heterocycles. The van der Waals surface area contributed by atoms with Crippen LogP contribution in [-0.4, -0.2) is 115 Å². The highest BCUT2D eigenvalue weighted by Gasteiger charge is 0.318. The summed E-state index contributed by atoms with van der Waals surface area (Å²) in [6, 6.07) is 0. The molecule has 0 nitrogen and oxygen atoms in total. The van der Waals surface area contributed by atoms with E-state index in [2.05, 4.69) is 0 Å². The Labute approximate surface area is 113 Å². The van der Waals surface area contributed by atoms with Gasteiger partial charge < -0.3 is 0 Å². The zero-order valence-electron chi connectivity index (χ0n) is 0. The zero-order valence-corrected chi connectivity index (χ0v) is 0. The molecule has 0 aliphatic carbocycles. The molecule has 0 unspecified atom stereocenters. The highest BCUT2D eigenvalue weighted by atomic mass is 28.1. The SMILES string of the molecule is [AlH3].[AlH3].[MgH2].[MgH2].[MgH2].[SiH4]. The van der Waals surface area contributed by atoms with E-state index in [9.17, 15) is 0 Å². The smallest absolute Gasteiger partial charge is 0.0149 e. The molecule has 6 heavy (non-hydrogen) atoms. The van der Waals surface area contributed by atoms with Crippen molar-refractivity contribution < 1.29 is 0 Å². The summed E-state index contributed by atoms with van der Waals surface area (Å²) >= 11 is 0. The number of hydrogen-bond acceptors (Lipinski definition) is 0. The van der Waals surface area contributed by atoms with E-state index in [1.807, 2.05) is 0 Å². The van der Waals surface area contributed by atoms with Gasteiger partial charge in [0.25, 0.3) is 0 Å². The average molecular weight is 171 g/mol. The van der Waals surface area contributed by atoms with Gasteiger partial charge in [-0.15, -0.1) is 0 Å². The van der Waals surface area contributed by atoms with Crippen LogP contribution in [0.4, 0.5) is 0 Å². The van der Waals surface area contributed by atoms with Crippen molar-refractivity contribution in [1.29, 1.82) is 0 Å². The molecule has 0 rings (SSSR count). The second-order valence-corrected chi connectivity index (χ2v) is 0. The van der Waals surface area contributed by atoms with Crippen LogP contribution < -0.4 is 0 Å². The molecule has 0 spiro atoms. The maximum Gasteiger partial charge on any atom is 0.316 e. The monoisotopic (exact) mass is 170 g/mol. The van der Waals surface area contributed by atoms with Gasteiger partial charge in [-0.25, -0.2) is 0 Å². The minimum Gasteiger partial charge on any atom is -0.0149 e. The van der Waals surface area contributed by atoms with Crippen molar-refractivity contribution in [3.05, 3.63) is 0 Å². The minimum atomic E-state index is 0. The average Bonchev–Trinajstić information content (AvgIpc) is 0. The zero-order chi connectivity index (χ0) is 0. The van der Waals surface area contributed by atoms with Gasteiger partial charge in [-0.1, -0.05) is 0 Å². The van der Waals surface area contributed by atoms with Gasteiger partial charge in [0.05, 0.1) is 0 Å². The fourth-order valence-corrected chi connectivity index (χ4v) is 0. The van der Waals surface area contributed by atoms with E-state index in [0.29, 0.717) is 0 Å². The Morgan fingerprint density at radius 3 is 0.500 bits per heavy atom. The minimum absolute atomic E-state index is 0. The van der Waals surface area contributed by atoms with Gasteiger partial charge in [0.2, 0.25) is 0 Å². The topological polar surface area (TPSA) is 0 Å². The molecule has 0 radical (unpaired) electrons. The van der Waals surface area contributed by atoms with E-state index in [1.165, 1.54) is 0 Å². The molecule has 0 N–H and O–H groups in total. The molecule has 0 fully saturated rings. The molecule has 0 aliphatic rings. The molecular weight excluding hydrogens is 155 g/mol. The van der Waals surface area contributed by atoms with Gasteiger partial charge in [0, 0.05) is 0 Å². The first kappa shape index (κ1) is 55.0. The predicted octanol–water partition coefficient (Wildman–Crippen LogP) is -6.57. The first-order valence-electron chi connectivity index (χ1n) is 0. The number of rotatable bonds is 0. The van der Waals surface area contributed by atoms with E-state index < -0.39 is 0 Å². The summed E-state index contributed by atoms with van der Waals surface area (Å²) in [6.07, 6.45) is 0. The van der Waals surface area contributed by atoms with Crippen LogP contribution >= 0.6 is 0 Å². The second-order valence-electron chi connectivity index (χ2n) is 0. The lowest BCUT2D eigenvalue weighted by atomic mass is 24.3. The molecule has 0 aromatic carbocycles. The van der Waals surface area contributed by atoms with E-state index in [4.69, 9.17) is 0 Å². The van der Waals surface area contributed by atoms with Gasteiger partial charge in [-0.05, 0) is 11.0 Å². The van der Waals surface area contributed by atoms with Crippen molar-refractivity contribution in [3.63, 3.8) is 0 Å². The summed E-state index contributed by atoms with van der Waals surface area (Å²) in [5.74, 6) is 0. The molecule has 0 atom stereocenters. The van der Waals surface area contributed by atoms with Crippen LogP contribution in [0.1, 0.15) is 0 Å². The summed E-state index contributed by atoms with van der Waals surface area (Å²) in [5.41, 5.74) is 0. The van der Waals surface area contributed by atoms with Crippen LogP contribution in [0.25, 0.3) is 0 Å². The first-order valence-corrected chi connectivity index (χ1v) is 0. The lowest BCUT2D eigenvalue weighted by molar-refractivity contribution is 5.75. The van der Waals surface area contributed by atoms with Gasteiger partial charge in [0.1, 0.15) is 0 Å². The molecule has 6 heteroatoms. The third kappa shape index (κ3) is 25.6. The van der Waals surface area contributed by atoms with Crippen molar-refractivity contribution >= 4 is 115 Å². The van der Waals surface area contributed by atoms with E-state index in [0.717, 1.165) is 0 Å². The molecule has 0 saturated carbocycles. The van der Waals surface area contributed by atoms with Crippen LogP contribution in [0.2, 0.25) is 0 Å². The van der Waals surface area contributed by atoms with Crippen molar-refractivity contribution in [2.24, 2.45) is 0 Å². The van der Waals surface area contributed by atoms with Gasteiger partial charge >= 0.3 is 69.2 Å². The van der Waals surface area contributed by atoms with Gasteiger partial charge in [-0.3, -0.25) is 0 Å². The molecule has 0 aromatic rings. The summed E-state index contributed by atoms with van der Waals surface area (Å²) in [5, 5.41) is 0. The summed E-state index contributed by atoms with van der Waals surface area (Å²) in [6.45, 7) is 0. The highest BCUT2D eigenvalue weighted by molar-refractivity contribution is 5.76. The second kappa shape index (κ2) is 38.5. The van der Waals surface area contributed by atoms with E-state index >= 15 is 0 Å². The summed E-state index contributed by atoms with van der Waals surface area (Å²) in [7, 11) is 0. The Morgan fingerprint density at radius 1 is 0.500 bits per heavy atom. The Kier molecular flexibility index (Phi) is 353. The summed E-state index contributed by atoms with van der Waals surface area (Å²) < 4.78 is 0. The van der Waals surface area contributed by atoms with Crippen molar-refractivity contribution in [1.82, 2.24) is 0 Å². The fourth-order valence-electron chi connectivity index (χ4n) is 0. The van der Waals surface area contributed by atoms with E-state index in [1.54, 1.807) is 0 Å². The van der Waals surface area contributed by atoms with Gasteiger partial charge in [0.15, 0.2) is 34.7 Å². The Morgan fingerprint density at radius 2 is 0.500 bits per heavy atom. The van der Waals surface area contributed by atoms with Crippen molar-refractivity contribution in [2.75, 3.05) is 0 Å². The molecule has 0 aromatic heterocycles. The largest absolute Gasteiger partial charge is 0.316 e. The van der Waals surface area contributed by atoms with Crippen molar-refractivity contribution in [2.45, 2.75) is 0 Å². The molecular formula is H16Al2Mg3Si. The number of hydrogen-bond donors (Lipinski definition) is 0. The molecule has 0 saturated heterocycles. The Hall–Kier alpha value is 3.58. The lowest BCUT2D eigenvalue weighted by Gasteiger charge is -0.0149. The third-order valence-corrected chi connectivity index (χ3v) is 0. The van der Waals surface area contributed by atoms with E-state index in [-0.39, 0.29) is 115 Å². The van der Waals surface area contributed by atoms with Gasteiger partial charge in [-0.2, -0.15) is 0 Å². The fraction of sp³-hybridized carbons (Fsp3) is 0. The molecule has 0 amide bonds. The maximum absolute atomic E-state index is 0. The normalized spacial score (nSPS) is 0. The predicted molar refractivity (Wildman–Crippen MR) is 56.8 cm³/mol. The van der Waals surface area contributed by atoms with Crippen LogP contribution in [0.5, 0.6) is 0 Å². The standard InChI is InChI=1S/2Al.3Mg.H4Si.12H/h;;;;;1H4;;;;;;;;;;;;. The highest BCUT2D eigenvalue weighted by Crippen LogP contribution is -0.376.